The number of likely N-dealkylation sites (tertiary alicyclic amines) is 1. The summed E-state index contributed by atoms with van der Waals surface area (Å²) >= 11 is 1.47. The van der Waals surface area contributed by atoms with Crippen molar-refractivity contribution in [3.63, 3.8) is 0 Å². The quantitative estimate of drug-likeness (QED) is 0.336. The van der Waals surface area contributed by atoms with E-state index in [1.807, 2.05) is 43.0 Å². The van der Waals surface area contributed by atoms with E-state index in [0.717, 1.165) is 50.1 Å². The standard InChI is InChI=1S/C30H36N6O4S/c1-17(2)40-22-9-7-21(8-10-22)36-23-11-12-32-28-24(23)25(34-30(36)39)26(41-28)27(37)33-20-4-3-13-35(16-20)29(38)19(15-31)14-18-5-6-18/h7-10,14,17-18,20,23-24,28,32H,3-6,11-13,16H2,1-2H3,(H,33,37)(H,34,39)/b19-14+/t20-,23?,24?,28?/m1/s1. The van der Waals surface area contributed by atoms with Crippen molar-refractivity contribution in [3.05, 3.63) is 46.5 Å². The van der Waals surface area contributed by atoms with Crippen molar-refractivity contribution in [3.8, 4) is 11.8 Å². The lowest BCUT2D eigenvalue weighted by Crippen LogP contribution is -2.62. The van der Waals surface area contributed by atoms with Crippen LogP contribution in [0, 0.1) is 23.2 Å². The van der Waals surface area contributed by atoms with Gasteiger partial charge in [0.05, 0.1) is 22.4 Å². The molecule has 1 aliphatic carbocycles. The molecule has 1 aromatic carbocycles. The molecule has 3 N–H and O–H groups in total. The molecule has 3 saturated heterocycles. The van der Waals surface area contributed by atoms with Crippen LogP contribution in [-0.4, -0.2) is 65.9 Å². The number of thioether (sulfide) groups is 1. The molecule has 0 spiro atoms. The summed E-state index contributed by atoms with van der Waals surface area (Å²) in [5, 5.41) is 19.2. The number of benzene rings is 1. The minimum Gasteiger partial charge on any atom is -0.491 e. The maximum absolute atomic E-state index is 13.6. The number of nitrogens with zero attached hydrogens (tertiary/aromatic N) is 3. The van der Waals surface area contributed by atoms with E-state index in [1.54, 1.807) is 11.0 Å². The highest BCUT2D eigenvalue weighted by Gasteiger charge is 2.51. The topological polar surface area (TPSA) is 127 Å². The fourth-order valence-electron chi connectivity index (χ4n) is 6.24. The van der Waals surface area contributed by atoms with E-state index in [9.17, 15) is 19.6 Å². The van der Waals surface area contributed by atoms with E-state index in [2.05, 4.69) is 22.0 Å². The second-order valence-corrected chi connectivity index (χ2v) is 12.8. The Labute approximate surface area is 244 Å². The number of rotatable bonds is 7. The zero-order valence-corrected chi connectivity index (χ0v) is 24.2. The Hall–Kier alpha value is -3.49. The van der Waals surface area contributed by atoms with E-state index in [1.165, 1.54) is 11.8 Å². The van der Waals surface area contributed by atoms with Crippen LogP contribution in [0.3, 0.4) is 0 Å². The number of allylic oxidation sites excluding steroid dienone is 1. The Morgan fingerprint density at radius 1 is 1.20 bits per heavy atom. The van der Waals surface area contributed by atoms with Gasteiger partial charge in [-0.3, -0.25) is 14.5 Å². The zero-order valence-electron chi connectivity index (χ0n) is 23.4. The Morgan fingerprint density at radius 2 is 1.98 bits per heavy atom. The van der Waals surface area contributed by atoms with Gasteiger partial charge in [-0.2, -0.15) is 5.26 Å². The molecule has 1 aromatic rings. The van der Waals surface area contributed by atoms with E-state index >= 15 is 0 Å². The molecule has 0 aromatic heterocycles. The maximum Gasteiger partial charge on any atom is 0.326 e. The number of nitrogens with one attached hydrogen (secondary N) is 3. The van der Waals surface area contributed by atoms with Crippen LogP contribution in [0.1, 0.15) is 46.0 Å². The average molecular weight is 577 g/mol. The van der Waals surface area contributed by atoms with Gasteiger partial charge >= 0.3 is 6.03 Å². The summed E-state index contributed by atoms with van der Waals surface area (Å²) in [5.74, 6) is 0.567. The molecule has 4 heterocycles. The molecule has 0 bridgehead atoms. The zero-order chi connectivity index (χ0) is 28.7. The van der Waals surface area contributed by atoms with Crippen molar-refractivity contribution in [2.24, 2.45) is 11.8 Å². The molecule has 4 fully saturated rings. The second kappa shape index (κ2) is 11.4. The summed E-state index contributed by atoms with van der Waals surface area (Å²) in [4.78, 5) is 44.1. The first kappa shape index (κ1) is 27.7. The lowest BCUT2D eigenvalue weighted by Gasteiger charge is -2.45. The third-order valence-electron chi connectivity index (χ3n) is 8.25. The number of ether oxygens (including phenoxy) is 1. The first-order valence-corrected chi connectivity index (χ1v) is 15.4. The van der Waals surface area contributed by atoms with Crippen LogP contribution in [0.15, 0.2) is 46.5 Å². The number of urea groups is 1. The van der Waals surface area contributed by atoms with Crippen LogP contribution < -0.4 is 25.6 Å². The predicted octanol–water partition coefficient (Wildman–Crippen LogP) is 3.23. The highest BCUT2D eigenvalue weighted by molar-refractivity contribution is 8.04. The normalized spacial score (nSPS) is 27.8. The molecule has 11 heteroatoms. The first-order chi connectivity index (χ1) is 19.8. The molecule has 4 atom stereocenters. The molecule has 0 radical (unpaired) electrons. The third kappa shape index (κ3) is 5.68. The van der Waals surface area contributed by atoms with Gasteiger partial charge in [0.1, 0.15) is 17.4 Å². The van der Waals surface area contributed by atoms with E-state index in [0.29, 0.717) is 29.6 Å². The molecule has 5 aliphatic rings. The minimum absolute atomic E-state index is 0.0219. The summed E-state index contributed by atoms with van der Waals surface area (Å²) in [7, 11) is 0. The highest BCUT2D eigenvalue weighted by atomic mass is 32.2. The summed E-state index contributed by atoms with van der Waals surface area (Å²) in [6.07, 6.45) is 6.18. The van der Waals surface area contributed by atoms with Crippen molar-refractivity contribution in [2.45, 2.75) is 69.5 Å². The fourth-order valence-corrected chi connectivity index (χ4v) is 7.64. The van der Waals surface area contributed by atoms with Gasteiger partial charge in [0.15, 0.2) is 0 Å². The summed E-state index contributed by atoms with van der Waals surface area (Å²) in [6, 6.07) is 9.11. The van der Waals surface area contributed by atoms with Crippen LogP contribution >= 0.6 is 11.8 Å². The van der Waals surface area contributed by atoms with Crippen molar-refractivity contribution in [1.82, 2.24) is 20.9 Å². The number of hydrogen-bond acceptors (Lipinski definition) is 7. The Morgan fingerprint density at radius 3 is 2.68 bits per heavy atom. The minimum atomic E-state index is -0.253. The molecular formula is C30H36N6O4S. The second-order valence-electron chi connectivity index (χ2n) is 11.7. The average Bonchev–Trinajstić information content (AvgIpc) is 3.71. The van der Waals surface area contributed by atoms with Crippen LogP contribution in [-0.2, 0) is 9.59 Å². The van der Waals surface area contributed by atoms with Crippen molar-refractivity contribution >= 4 is 35.3 Å². The Bertz CT molecular complexity index is 1330. The number of anilines is 1. The van der Waals surface area contributed by atoms with Crippen molar-refractivity contribution in [1.29, 1.82) is 5.26 Å². The number of hydrogen-bond donors (Lipinski definition) is 3. The highest BCUT2D eigenvalue weighted by Crippen LogP contribution is 2.48. The van der Waals surface area contributed by atoms with Crippen molar-refractivity contribution < 1.29 is 19.1 Å². The van der Waals surface area contributed by atoms with Crippen LogP contribution in [0.4, 0.5) is 10.5 Å². The van der Waals surface area contributed by atoms with Crippen molar-refractivity contribution in [2.75, 3.05) is 24.5 Å². The number of piperidine rings is 2. The van der Waals surface area contributed by atoms with E-state index in [4.69, 9.17) is 4.74 Å². The van der Waals surface area contributed by atoms with Crippen LogP contribution in [0.25, 0.3) is 0 Å². The van der Waals surface area contributed by atoms with Gasteiger partial charge in [0, 0.05) is 36.4 Å². The van der Waals surface area contributed by atoms with Crippen LogP contribution in [0.2, 0.25) is 0 Å². The monoisotopic (exact) mass is 576 g/mol. The van der Waals surface area contributed by atoms with Gasteiger partial charge in [-0.1, -0.05) is 17.8 Å². The number of nitriles is 1. The Kier molecular flexibility index (Phi) is 7.70. The predicted molar refractivity (Wildman–Crippen MR) is 156 cm³/mol. The van der Waals surface area contributed by atoms with Gasteiger partial charge in [0.25, 0.3) is 11.8 Å². The van der Waals surface area contributed by atoms with Gasteiger partial charge in [-0.25, -0.2) is 4.79 Å². The SMILES string of the molecule is CC(C)Oc1ccc(N2C(=O)NC3=C(C(=O)N[C@@H]4CCCN(C(=O)/C(C#N)=C/C5CC5)C4)SC4NCCC2C34)cc1. The van der Waals surface area contributed by atoms with E-state index in [-0.39, 0.29) is 52.9 Å². The van der Waals surface area contributed by atoms with Gasteiger partial charge < -0.3 is 25.6 Å². The summed E-state index contributed by atoms with van der Waals surface area (Å²) in [5.41, 5.74) is 1.68. The third-order valence-corrected chi connectivity index (χ3v) is 9.61. The molecule has 4 amide bonds. The molecule has 216 valence electrons. The summed E-state index contributed by atoms with van der Waals surface area (Å²) in [6.45, 7) is 5.63. The number of amides is 4. The molecule has 6 rings (SSSR count). The molecule has 41 heavy (non-hydrogen) atoms. The lowest BCUT2D eigenvalue weighted by atomic mass is 9.86. The van der Waals surface area contributed by atoms with Crippen LogP contribution in [0.5, 0.6) is 5.75 Å². The first-order valence-electron chi connectivity index (χ1n) is 14.6. The van der Waals surface area contributed by atoms with E-state index < -0.39 is 0 Å². The molecule has 4 aliphatic heterocycles. The van der Waals surface area contributed by atoms with Gasteiger partial charge in [-0.15, -0.1) is 0 Å². The Balaban J connectivity index is 1.16. The van der Waals surface area contributed by atoms with Gasteiger partial charge in [0.2, 0.25) is 0 Å². The molecule has 3 unspecified atom stereocenters. The smallest absolute Gasteiger partial charge is 0.326 e. The lowest BCUT2D eigenvalue weighted by molar-refractivity contribution is -0.129. The molecule has 10 nitrogen and oxygen atoms in total. The maximum atomic E-state index is 13.6. The fraction of sp³-hybridized carbons (Fsp3) is 0.533. The molecule has 1 saturated carbocycles. The summed E-state index contributed by atoms with van der Waals surface area (Å²) < 4.78 is 5.77. The number of carbonyl (C=O) groups excluding carboxylic acids is 3. The number of carbonyl (C=O) groups is 3. The largest absolute Gasteiger partial charge is 0.491 e. The van der Waals surface area contributed by atoms with Gasteiger partial charge in [-0.05, 0) is 82.7 Å². The molecular weight excluding hydrogens is 540 g/mol.